The number of aryl methyl sites for hydroxylation is 2. The predicted octanol–water partition coefficient (Wildman–Crippen LogP) is 2.18. The number of esters is 1. The molecule has 0 saturated heterocycles. The highest BCUT2D eigenvalue weighted by Crippen LogP contribution is 2.28. The van der Waals surface area contributed by atoms with Gasteiger partial charge in [0.1, 0.15) is 5.00 Å². The lowest BCUT2D eigenvalue weighted by molar-refractivity contribution is 0.0528. The first kappa shape index (κ1) is 14.2. The first-order valence-electron chi connectivity index (χ1n) is 5.90. The molecule has 1 N–H and O–H groups in total. The van der Waals surface area contributed by atoms with E-state index < -0.39 is 11.9 Å². The van der Waals surface area contributed by atoms with Crippen molar-refractivity contribution < 1.29 is 18.8 Å². The SMILES string of the molecule is CCOC(=O)c1cc(C)sc1NC(=O)c1noc(C)n1. The van der Waals surface area contributed by atoms with Gasteiger partial charge in [-0.1, -0.05) is 5.16 Å². The summed E-state index contributed by atoms with van der Waals surface area (Å²) in [5, 5.41) is 6.52. The Hall–Kier alpha value is -2.22. The smallest absolute Gasteiger partial charge is 0.341 e. The fraction of sp³-hybridized carbons (Fsp3) is 0.333. The third-order valence-corrected chi connectivity index (χ3v) is 3.27. The molecule has 8 heteroatoms. The fourth-order valence-corrected chi connectivity index (χ4v) is 2.41. The molecule has 7 nitrogen and oxygen atoms in total. The summed E-state index contributed by atoms with van der Waals surface area (Å²) in [4.78, 5) is 28.4. The average molecular weight is 295 g/mol. The largest absolute Gasteiger partial charge is 0.462 e. The molecular weight excluding hydrogens is 282 g/mol. The van der Waals surface area contributed by atoms with Crippen molar-refractivity contribution in [1.29, 1.82) is 0 Å². The number of hydrogen-bond acceptors (Lipinski definition) is 7. The molecule has 1 amide bonds. The number of carbonyl (C=O) groups is 2. The van der Waals surface area contributed by atoms with Crippen molar-refractivity contribution >= 4 is 28.2 Å². The second-order valence-corrected chi connectivity index (χ2v) is 5.17. The van der Waals surface area contributed by atoms with Gasteiger partial charge in [0, 0.05) is 11.8 Å². The van der Waals surface area contributed by atoms with Crippen LogP contribution < -0.4 is 5.32 Å². The standard InChI is InChI=1S/C12H13N3O4S/c1-4-18-12(17)8-5-6(2)20-11(8)14-10(16)9-13-7(3)19-15-9/h5H,4H2,1-3H3,(H,14,16). The lowest BCUT2D eigenvalue weighted by Crippen LogP contribution is -2.15. The Bertz CT molecular complexity index is 647. The van der Waals surface area contributed by atoms with Gasteiger partial charge in [0.15, 0.2) is 0 Å². The minimum atomic E-state index is -0.533. The van der Waals surface area contributed by atoms with E-state index in [0.29, 0.717) is 16.5 Å². The highest BCUT2D eigenvalue weighted by atomic mass is 32.1. The summed E-state index contributed by atoms with van der Waals surface area (Å²) in [6, 6.07) is 1.67. The van der Waals surface area contributed by atoms with E-state index in [1.807, 2.05) is 6.92 Å². The predicted molar refractivity (Wildman–Crippen MR) is 72.0 cm³/mol. The Kier molecular flexibility index (Phi) is 4.14. The second kappa shape index (κ2) is 5.83. The first-order chi connectivity index (χ1) is 9.51. The van der Waals surface area contributed by atoms with Crippen LogP contribution >= 0.6 is 11.3 Å². The molecule has 2 heterocycles. The number of ether oxygens (including phenoxy) is 1. The molecule has 2 aromatic rings. The van der Waals surface area contributed by atoms with Gasteiger partial charge in [-0.3, -0.25) is 4.79 Å². The zero-order valence-electron chi connectivity index (χ0n) is 11.2. The van der Waals surface area contributed by atoms with Crippen molar-refractivity contribution in [3.63, 3.8) is 0 Å². The number of nitrogens with one attached hydrogen (secondary N) is 1. The monoisotopic (exact) mass is 295 g/mol. The third-order valence-electron chi connectivity index (χ3n) is 2.31. The molecule has 106 valence electrons. The summed E-state index contributed by atoms with van der Waals surface area (Å²) < 4.78 is 9.67. The van der Waals surface area contributed by atoms with Crippen molar-refractivity contribution in [3.8, 4) is 0 Å². The van der Waals surface area contributed by atoms with Gasteiger partial charge in [-0.05, 0) is 19.9 Å². The summed E-state index contributed by atoms with van der Waals surface area (Å²) in [5.74, 6) is -0.794. The minimum Gasteiger partial charge on any atom is -0.462 e. The van der Waals surface area contributed by atoms with Gasteiger partial charge in [0.25, 0.3) is 11.7 Å². The molecule has 0 aliphatic rings. The van der Waals surface area contributed by atoms with Crippen molar-refractivity contribution in [1.82, 2.24) is 10.1 Å². The van der Waals surface area contributed by atoms with Crippen LogP contribution in [-0.4, -0.2) is 28.6 Å². The van der Waals surface area contributed by atoms with E-state index in [1.54, 1.807) is 19.9 Å². The lowest BCUT2D eigenvalue weighted by atomic mass is 10.3. The van der Waals surface area contributed by atoms with Crippen LogP contribution in [0, 0.1) is 13.8 Å². The number of nitrogens with zero attached hydrogens (tertiary/aromatic N) is 2. The summed E-state index contributed by atoms with van der Waals surface area (Å²) in [7, 11) is 0. The first-order valence-corrected chi connectivity index (χ1v) is 6.72. The van der Waals surface area contributed by atoms with Crippen LogP contribution in [0.15, 0.2) is 10.6 Å². The zero-order chi connectivity index (χ0) is 14.7. The van der Waals surface area contributed by atoms with E-state index in [2.05, 4.69) is 15.5 Å². The van der Waals surface area contributed by atoms with Gasteiger partial charge in [0.05, 0.1) is 12.2 Å². The molecule has 0 saturated carbocycles. The van der Waals surface area contributed by atoms with Crippen LogP contribution in [0.3, 0.4) is 0 Å². The number of aromatic nitrogens is 2. The highest BCUT2D eigenvalue weighted by molar-refractivity contribution is 7.16. The lowest BCUT2D eigenvalue weighted by Gasteiger charge is -2.03. The normalized spacial score (nSPS) is 10.3. The number of amides is 1. The summed E-state index contributed by atoms with van der Waals surface area (Å²) in [5.41, 5.74) is 0.322. The average Bonchev–Trinajstić information content (AvgIpc) is 2.96. The van der Waals surface area contributed by atoms with E-state index in [0.717, 1.165) is 4.88 Å². The molecule has 0 bridgehead atoms. The van der Waals surface area contributed by atoms with Crippen LogP contribution in [-0.2, 0) is 4.74 Å². The van der Waals surface area contributed by atoms with Gasteiger partial charge < -0.3 is 14.6 Å². The van der Waals surface area contributed by atoms with E-state index >= 15 is 0 Å². The molecular formula is C12H13N3O4S. The number of carbonyl (C=O) groups excluding carboxylic acids is 2. The molecule has 0 spiro atoms. The van der Waals surface area contributed by atoms with Gasteiger partial charge in [-0.25, -0.2) is 4.79 Å². The molecule has 2 rings (SSSR count). The van der Waals surface area contributed by atoms with E-state index in [-0.39, 0.29) is 12.4 Å². The number of rotatable bonds is 4. The van der Waals surface area contributed by atoms with E-state index in [1.165, 1.54) is 11.3 Å². The maximum absolute atomic E-state index is 11.9. The summed E-state index contributed by atoms with van der Waals surface area (Å²) >= 11 is 1.28. The van der Waals surface area contributed by atoms with Gasteiger partial charge >= 0.3 is 5.97 Å². The minimum absolute atomic E-state index is 0.0802. The molecule has 0 atom stereocenters. The van der Waals surface area contributed by atoms with Crippen molar-refractivity contribution in [2.75, 3.05) is 11.9 Å². The van der Waals surface area contributed by atoms with Gasteiger partial charge in [0.2, 0.25) is 5.89 Å². The zero-order valence-corrected chi connectivity index (χ0v) is 12.0. The van der Waals surface area contributed by atoms with Crippen LogP contribution in [0.4, 0.5) is 5.00 Å². The molecule has 0 aliphatic heterocycles. The Morgan fingerprint density at radius 3 is 2.80 bits per heavy atom. The number of anilines is 1. The Morgan fingerprint density at radius 2 is 2.20 bits per heavy atom. The molecule has 0 unspecified atom stereocenters. The second-order valence-electron chi connectivity index (χ2n) is 3.91. The summed E-state index contributed by atoms with van der Waals surface area (Å²) in [6.45, 7) is 5.41. The van der Waals surface area contributed by atoms with Crippen LogP contribution in [0.2, 0.25) is 0 Å². The number of hydrogen-bond donors (Lipinski definition) is 1. The van der Waals surface area contributed by atoms with Crippen molar-refractivity contribution in [3.05, 3.63) is 28.2 Å². The molecule has 0 aromatic carbocycles. The maximum atomic E-state index is 11.9. The Balaban J connectivity index is 2.21. The maximum Gasteiger partial charge on any atom is 0.341 e. The van der Waals surface area contributed by atoms with Crippen LogP contribution in [0.1, 0.15) is 38.7 Å². The Morgan fingerprint density at radius 1 is 1.45 bits per heavy atom. The van der Waals surface area contributed by atoms with Crippen LogP contribution in [0.5, 0.6) is 0 Å². The van der Waals surface area contributed by atoms with Crippen molar-refractivity contribution in [2.24, 2.45) is 0 Å². The molecule has 0 fully saturated rings. The van der Waals surface area contributed by atoms with Crippen LogP contribution in [0.25, 0.3) is 0 Å². The molecule has 0 aliphatic carbocycles. The highest BCUT2D eigenvalue weighted by Gasteiger charge is 2.20. The van der Waals surface area contributed by atoms with Gasteiger partial charge in [-0.2, -0.15) is 4.98 Å². The summed E-state index contributed by atoms with van der Waals surface area (Å²) in [6.07, 6.45) is 0. The molecule has 20 heavy (non-hydrogen) atoms. The molecule has 0 radical (unpaired) electrons. The van der Waals surface area contributed by atoms with Crippen molar-refractivity contribution in [2.45, 2.75) is 20.8 Å². The topological polar surface area (TPSA) is 94.3 Å². The molecule has 2 aromatic heterocycles. The van der Waals surface area contributed by atoms with E-state index in [4.69, 9.17) is 9.26 Å². The van der Waals surface area contributed by atoms with Gasteiger partial charge in [-0.15, -0.1) is 11.3 Å². The number of thiophene rings is 1. The Labute approximate surface area is 118 Å². The third kappa shape index (κ3) is 3.02. The van der Waals surface area contributed by atoms with E-state index in [9.17, 15) is 9.59 Å². The fourth-order valence-electron chi connectivity index (χ4n) is 1.52. The quantitative estimate of drug-likeness (QED) is 0.869.